The lowest BCUT2D eigenvalue weighted by atomic mass is 10.1. The molecule has 0 aromatic heterocycles. The van der Waals surface area contributed by atoms with Gasteiger partial charge in [-0.2, -0.15) is 0 Å². The van der Waals surface area contributed by atoms with E-state index < -0.39 is 6.04 Å². The Morgan fingerprint density at radius 2 is 2.26 bits per heavy atom. The van der Waals surface area contributed by atoms with Crippen LogP contribution in [-0.4, -0.2) is 31.5 Å². The SMILES string of the molecule is COc1cccc(C(=O)NC2CCCCNC2=O)c1. The van der Waals surface area contributed by atoms with Crippen LogP contribution in [0.5, 0.6) is 5.75 Å². The summed E-state index contributed by atoms with van der Waals surface area (Å²) in [7, 11) is 1.55. The molecule has 1 aromatic carbocycles. The third-order valence-corrected chi connectivity index (χ3v) is 3.17. The van der Waals surface area contributed by atoms with E-state index in [1.165, 1.54) is 0 Å². The van der Waals surface area contributed by atoms with E-state index in [9.17, 15) is 9.59 Å². The molecule has 1 atom stereocenters. The van der Waals surface area contributed by atoms with Gasteiger partial charge < -0.3 is 15.4 Å². The summed E-state index contributed by atoms with van der Waals surface area (Å²) in [5.41, 5.74) is 0.497. The van der Waals surface area contributed by atoms with Crippen LogP contribution in [0.3, 0.4) is 0 Å². The van der Waals surface area contributed by atoms with Gasteiger partial charge in [0.05, 0.1) is 7.11 Å². The molecule has 0 radical (unpaired) electrons. The average Bonchev–Trinajstić information content (AvgIpc) is 2.64. The molecule has 5 nitrogen and oxygen atoms in total. The second kappa shape index (κ2) is 6.22. The van der Waals surface area contributed by atoms with Gasteiger partial charge in [-0.25, -0.2) is 0 Å². The van der Waals surface area contributed by atoms with Crippen LogP contribution in [0.25, 0.3) is 0 Å². The number of carbonyl (C=O) groups is 2. The average molecular weight is 262 g/mol. The zero-order chi connectivity index (χ0) is 13.7. The predicted molar refractivity (Wildman–Crippen MR) is 71.1 cm³/mol. The Morgan fingerprint density at radius 1 is 1.42 bits per heavy atom. The molecule has 102 valence electrons. The molecule has 1 aliphatic heterocycles. The van der Waals surface area contributed by atoms with Crippen molar-refractivity contribution in [3.8, 4) is 5.75 Å². The number of benzene rings is 1. The van der Waals surface area contributed by atoms with Crippen LogP contribution in [0.1, 0.15) is 29.6 Å². The van der Waals surface area contributed by atoms with Crippen molar-refractivity contribution in [1.82, 2.24) is 10.6 Å². The molecule has 1 saturated heterocycles. The predicted octanol–water partition coefficient (Wildman–Crippen LogP) is 1.09. The monoisotopic (exact) mass is 262 g/mol. The van der Waals surface area contributed by atoms with Crippen LogP contribution in [-0.2, 0) is 4.79 Å². The van der Waals surface area contributed by atoms with Crippen LogP contribution in [0.4, 0.5) is 0 Å². The van der Waals surface area contributed by atoms with Crippen LogP contribution < -0.4 is 15.4 Å². The number of hydrogen-bond acceptors (Lipinski definition) is 3. The van der Waals surface area contributed by atoms with E-state index in [0.717, 1.165) is 12.8 Å². The fraction of sp³-hybridized carbons (Fsp3) is 0.429. The van der Waals surface area contributed by atoms with Crippen LogP contribution in [0, 0.1) is 0 Å². The van der Waals surface area contributed by atoms with Crippen molar-refractivity contribution in [2.75, 3.05) is 13.7 Å². The Kier molecular flexibility index (Phi) is 4.39. The first kappa shape index (κ1) is 13.4. The van der Waals surface area contributed by atoms with E-state index >= 15 is 0 Å². The number of hydrogen-bond donors (Lipinski definition) is 2. The minimum absolute atomic E-state index is 0.103. The normalized spacial score (nSPS) is 19.2. The van der Waals surface area contributed by atoms with Crippen LogP contribution in [0.2, 0.25) is 0 Å². The van der Waals surface area contributed by atoms with Crippen molar-refractivity contribution in [2.24, 2.45) is 0 Å². The van der Waals surface area contributed by atoms with E-state index in [2.05, 4.69) is 10.6 Å². The highest BCUT2D eigenvalue weighted by atomic mass is 16.5. The minimum Gasteiger partial charge on any atom is -0.497 e. The first-order chi connectivity index (χ1) is 9.20. The lowest BCUT2D eigenvalue weighted by Crippen LogP contribution is -2.45. The van der Waals surface area contributed by atoms with Crippen molar-refractivity contribution >= 4 is 11.8 Å². The molecule has 1 aromatic rings. The van der Waals surface area contributed by atoms with Gasteiger partial charge in [0, 0.05) is 12.1 Å². The third-order valence-electron chi connectivity index (χ3n) is 3.17. The Morgan fingerprint density at radius 3 is 3.05 bits per heavy atom. The number of rotatable bonds is 3. The van der Waals surface area contributed by atoms with Crippen molar-refractivity contribution in [1.29, 1.82) is 0 Å². The molecule has 0 bridgehead atoms. The molecule has 0 aliphatic carbocycles. The van der Waals surface area contributed by atoms with Crippen molar-refractivity contribution < 1.29 is 14.3 Å². The van der Waals surface area contributed by atoms with Gasteiger partial charge in [-0.15, -0.1) is 0 Å². The molecule has 5 heteroatoms. The summed E-state index contributed by atoms with van der Waals surface area (Å²) in [5, 5.41) is 5.57. The fourth-order valence-corrected chi connectivity index (χ4v) is 2.08. The van der Waals surface area contributed by atoms with Crippen molar-refractivity contribution in [3.63, 3.8) is 0 Å². The second-order valence-corrected chi connectivity index (χ2v) is 4.54. The van der Waals surface area contributed by atoms with E-state index in [0.29, 0.717) is 24.3 Å². The second-order valence-electron chi connectivity index (χ2n) is 4.54. The lowest BCUT2D eigenvalue weighted by molar-refractivity contribution is -0.122. The summed E-state index contributed by atoms with van der Waals surface area (Å²) in [6, 6.07) is 6.44. The maximum atomic E-state index is 12.1. The van der Waals surface area contributed by atoms with Gasteiger partial charge >= 0.3 is 0 Å². The molecule has 0 saturated carbocycles. The molecule has 1 heterocycles. The highest BCUT2D eigenvalue weighted by Crippen LogP contribution is 2.13. The minimum atomic E-state index is -0.443. The Balaban J connectivity index is 2.04. The lowest BCUT2D eigenvalue weighted by Gasteiger charge is -2.15. The fourth-order valence-electron chi connectivity index (χ4n) is 2.08. The molecule has 1 aliphatic rings. The molecular formula is C14H18N2O3. The number of carbonyl (C=O) groups excluding carboxylic acids is 2. The van der Waals surface area contributed by atoms with Crippen LogP contribution >= 0.6 is 0 Å². The van der Waals surface area contributed by atoms with Gasteiger partial charge in [-0.3, -0.25) is 9.59 Å². The zero-order valence-corrected chi connectivity index (χ0v) is 10.9. The summed E-state index contributed by atoms with van der Waals surface area (Å²) < 4.78 is 5.08. The Hall–Kier alpha value is -2.04. The zero-order valence-electron chi connectivity index (χ0n) is 10.9. The molecule has 19 heavy (non-hydrogen) atoms. The summed E-state index contributed by atoms with van der Waals surface area (Å²) in [4.78, 5) is 23.8. The molecule has 1 fully saturated rings. The van der Waals surface area contributed by atoms with E-state index in [4.69, 9.17) is 4.74 Å². The highest BCUT2D eigenvalue weighted by molar-refractivity contribution is 5.97. The molecule has 2 rings (SSSR count). The number of amides is 2. The smallest absolute Gasteiger partial charge is 0.252 e. The van der Waals surface area contributed by atoms with Gasteiger partial charge in [0.1, 0.15) is 11.8 Å². The quantitative estimate of drug-likeness (QED) is 0.857. The third kappa shape index (κ3) is 3.47. The number of ether oxygens (including phenoxy) is 1. The van der Waals surface area contributed by atoms with Crippen molar-refractivity contribution in [2.45, 2.75) is 25.3 Å². The maximum Gasteiger partial charge on any atom is 0.252 e. The number of nitrogens with one attached hydrogen (secondary N) is 2. The number of methoxy groups -OCH3 is 1. The molecule has 1 unspecified atom stereocenters. The first-order valence-electron chi connectivity index (χ1n) is 6.43. The topological polar surface area (TPSA) is 67.4 Å². The molecule has 0 spiro atoms. The Labute approximate surface area is 112 Å². The van der Waals surface area contributed by atoms with Gasteiger partial charge in [0.15, 0.2) is 0 Å². The molecule has 2 N–H and O–H groups in total. The molecule has 2 amide bonds. The maximum absolute atomic E-state index is 12.1. The highest BCUT2D eigenvalue weighted by Gasteiger charge is 2.22. The Bertz CT molecular complexity index is 474. The summed E-state index contributed by atoms with van der Waals surface area (Å²) in [6.45, 7) is 0.685. The van der Waals surface area contributed by atoms with E-state index in [1.54, 1.807) is 31.4 Å². The summed E-state index contributed by atoms with van der Waals surface area (Å²) in [5.74, 6) is 0.271. The molecular weight excluding hydrogens is 244 g/mol. The van der Waals surface area contributed by atoms with E-state index in [-0.39, 0.29) is 11.8 Å². The van der Waals surface area contributed by atoms with Gasteiger partial charge in [0.2, 0.25) is 5.91 Å². The summed E-state index contributed by atoms with van der Waals surface area (Å²) in [6.07, 6.45) is 2.57. The van der Waals surface area contributed by atoms with Crippen molar-refractivity contribution in [3.05, 3.63) is 29.8 Å². The van der Waals surface area contributed by atoms with E-state index in [1.807, 2.05) is 0 Å². The largest absolute Gasteiger partial charge is 0.497 e. The summed E-state index contributed by atoms with van der Waals surface area (Å²) >= 11 is 0. The first-order valence-corrected chi connectivity index (χ1v) is 6.43. The van der Waals surface area contributed by atoms with Crippen LogP contribution in [0.15, 0.2) is 24.3 Å². The van der Waals surface area contributed by atoms with Gasteiger partial charge in [-0.1, -0.05) is 6.07 Å². The van der Waals surface area contributed by atoms with Gasteiger partial charge in [0.25, 0.3) is 5.91 Å². The standard InChI is InChI=1S/C14H18N2O3/c1-19-11-6-4-5-10(9-11)13(17)16-12-7-2-3-8-15-14(12)18/h4-6,9,12H,2-3,7-8H2,1H3,(H,15,18)(H,16,17). The van der Waals surface area contributed by atoms with Gasteiger partial charge in [-0.05, 0) is 37.5 Å².